The van der Waals surface area contributed by atoms with Crippen LogP contribution in [0.2, 0.25) is 0 Å². The summed E-state index contributed by atoms with van der Waals surface area (Å²) in [6.07, 6.45) is 3.23. The van der Waals surface area contributed by atoms with Gasteiger partial charge < -0.3 is 5.32 Å². The van der Waals surface area contributed by atoms with E-state index >= 15 is 0 Å². The predicted molar refractivity (Wildman–Crippen MR) is 88.9 cm³/mol. The predicted octanol–water partition coefficient (Wildman–Crippen LogP) is 2.73. The van der Waals surface area contributed by atoms with Crippen LogP contribution in [-0.4, -0.2) is 34.2 Å². The standard InChI is InChI=1S/C18H17N3O3/c1-2-3-10-21-17(23)13-8-7-12(11-14(13)18(21)24)16(22)20-15-6-4-5-9-19-15/h4-9,11H,2-3,10H2,1H3,(H,19,20,22). The summed E-state index contributed by atoms with van der Waals surface area (Å²) in [6.45, 7) is 2.40. The Labute approximate surface area is 139 Å². The molecule has 1 aromatic carbocycles. The zero-order valence-corrected chi connectivity index (χ0v) is 13.3. The second kappa shape index (κ2) is 6.62. The number of imide groups is 1. The molecule has 0 radical (unpaired) electrons. The van der Waals surface area contributed by atoms with Crippen molar-refractivity contribution in [2.24, 2.45) is 0 Å². The summed E-state index contributed by atoms with van der Waals surface area (Å²) < 4.78 is 0. The molecule has 0 fully saturated rings. The van der Waals surface area contributed by atoms with Gasteiger partial charge in [0.1, 0.15) is 5.82 Å². The highest BCUT2D eigenvalue weighted by molar-refractivity contribution is 6.22. The van der Waals surface area contributed by atoms with Crippen molar-refractivity contribution in [2.45, 2.75) is 19.8 Å². The molecule has 0 atom stereocenters. The molecule has 0 bridgehead atoms. The monoisotopic (exact) mass is 323 g/mol. The Kier molecular flexibility index (Phi) is 4.37. The molecule has 24 heavy (non-hydrogen) atoms. The maximum atomic E-state index is 12.4. The first-order chi connectivity index (χ1) is 11.6. The minimum atomic E-state index is -0.372. The van der Waals surface area contributed by atoms with E-state index in [0.717, 1.165) is 12.8 Å². The molecule has 122 valence electrons. The van der Waals surface area contributed by atoms with Gasteiger partial charge in [0.25, 0.3) is 17.7 Å². The maximum absolute atomic E-state index is 12.4. The van der Waals surface area contributed by atoms with Gasteiger partial charge in [0.05, 0.1) is 11.1 Å². The van der Waals surface area contributed by atoms with Crippen LogP contribution in [0.25, 0.3) is 0 Å². The van der Waals surface area contributed by atoms with Crippen molar-refractivity contribution in [3.05, 3.63) is 59.3 Å². The van der Waals surface area contributed by atoms with Gasteiger partial charge in [-0.3, -0.25) is 19.3 Å². The van der Waals surface area contributed by atoms with Gasteiger partial charge in [-0.1, -0.05) is 19.4 Å². The van der Waals surface area contributed by atoms with Crippen molar-refractivity contribution in [1.29, 1.82) is 0 Å². The van der Waals surface area contributed by atoms with Crippen LogP contribution in [0.1, 0.15) is 50.8 Å². The summed E-state index contributed by atoms with van der Waals surface area (Å²) in [4.78, 5) is 42.3. The zero-order valence-electron chi connectivity index (χ0n) is 13.3. The van der Waals surface area contributed by atoms with Gasteiger partial charge >= 0.3 is 0 Å². The number of nitrogens with zero attached hydrogens (tertiary/aromatic N) is 2. The Morgan fingerprint density at radius 2 is 1.92 bits per heavy atom. The molecule has 0 unspecified atom stereocenters. The van der Waals surface area contributed by atoms with E-state index in [9.17, 15) is 14.4 Å². The van der Waals surface area contributed by atoms with Crippen molar-refractivity contribution in [3.8, 4) is 0 Å². The van der Waals surface area contributed by atoms with E-state index in [1.807, 2.05) is 6.92 Å². The van der Waals surface area contributed by atoms with Crippen LogP contribution in [0.3, 0.4) is 0 Å². The summed E-state index contributed by atoms with van der Waals surface area (Å²) >= 11 is 0. The molecule has 3 amide bonds. The summed E-state index contributed by atoms with van der Waals surface area (Å²) in [5, 5.41) is 2.66. The number of aromatic nitrogens is 1. The van der Waals surface area contributed by atoms with Crippen molar-refractivity contribution in [3.63, 3.8) is 0 Å². The second-order valence-corrected chi connectivity index (χ2v) is 5.54. The minimum absolute atomic E-state index is 0.282. The first-order valence-electron chi connectivity index (χ1n) is 7.84. The van der Waals surface area contributed by atoms with E-state index in [1.54, 1.807) is 30.5 Å². The number of rotatable bonds is 5. The molecule has 1 N–H and O–H groups in total. The summed E-state index contributed by atoms with van der Waals surface area (Å²) in [5.41, 5.74) is 0.952. The fraction of sp³-hybridized carbons (Fsp3) is 0.222. The number of carbonyl (C=O) groups excluding carboxylic acids is 3. The van der Waals surface area contributed by atoms with Gasteiger partial charge in [-0.2, -0.15) is 0 Å². The van der Waals surface area contributed by atoms with Crippen LogP contribution >= 0.6 is 0 Å². The first-order valence-corrected chi connectivity index (χ1v) is 7.84. The molecular formula is C18H17N3O3. The zero-order chi connectivity index (χ0) is 17.1. The summed E-state index contributed by atoms with van der Waals surface area (Å²) in [5.74, 6) is -0.574. The molecule has 0 saturated carbocycles. The smallest absolute Gasteiger partial charge is 0.261 e. The molecule has 1 aromatic heterocycles. The van der Waals surface area contributed by atoms with Crippen LogP contribution in [-0.2, 0) is 0 Å². The van der Waals surface area contributed by atoms with E-state index in [4.69, 9.17) is 0 Å². The number of nitrogens with one attached hydrogen (secondary N) is 1. The quantitative estimate of drug-likeness (QED) is 0.858. The van der Waals surface area contributed by atoms with Crippen LogP contribution < -0.4 is 5.32 Å². The van der Waals surface area contributed by atoms with Gasteiger partial charge in [-0.25, -0.2) is 4.98 Å². The highest BCUT2D eigenvalue weighted by atomic mass is 16.2. The largest absolute Gasteiger partial charge is 0.307 e. The maximum Gasteiger partial charge on any atom is 0.261 e. The number of amides is 3. The van der Waals surface area contributed by atoms with Crippen molar-refractivity contribution in [2.75, 3.05) is 11.9 Å². The number of carbonyl (C=O) groups is 3. The third kappa shape index (κ3) is 2.90. The Hall–Kier alpha value is -3.02. The lowest BCUT2D eigenvalue weighted by molar-refractivity contribution is 0.0652. The molecule has 6 heteroatoms. The average Bonchev–Trinajstić information content (AvgIpc) is 2.84. The molecule has 0 saturated heterocycles. The van der Waals surface area contributed by atoms with E-state index in [1.165, 1.54) is 17.0 Å². The summed E-state index contributed by atoms with van der Waals surface area (Å²) in [6, 6.07) is 9.74. The number of benzene rings is 1. The normalized spacial score (nSPS) is 13.1. The third-order valence-corrected chi connectivity index (χ3v) is 3.87. The van der Waals surface area contributed by atoms with E-state index in [0.29, 0.717) is 23.5 Å². The molecule has 0 aliphatic carbocycles. The Morgan fingerprint density at radius 3 is 2.62 bits per heavy atom. The Morgan fingerprint density at radius 1 is 1.12 bits per heavy atom. The second-order valence-electron chi connectivity index (χ2n) is 5.54. The summed E-state index contributed by atoms with van der Waals surface area (Å²) in [7, 11) is 0. The van der Waals surface area contributed by atoms with Gasteiger partial charge in [-0.05, 0) is 36.8 Å². The minimum Gasteiger partial charge on any atom is -0.307 e. The van der Waals surface area contributed by atoms with Crippen molar-refractivity contribution < 1.29 is 14.4 Å². The first kappa shape index (κ1) is 15.9. The van der Waals surface area contributed by atoms with Crippen LogP contribution in [0.5, 0.6) is 0 Å². The van der Waals surface area contributed by atoms with Gasteiger partial charge in [0, 0.05) is 18.3 Å². The number of anilines is 1. The Bertz CT molecular complexity index is 802. The lowest BCUT2D eigenvalue weighted by Gasteiger charge is -2.12. The molecule has 0 spiro atoms. The highest BCUT2D eigenvalue weighted by Gasteiger charge is 2.35. The molecular weight excluding hydrogens is 306 g/mol. The topological polar surface area (TPSA) is 79.4 Å². The fourth-order valence-electron chi connectivity index (χ4n) is 2.58. The van der Waals surface area contributed by atoms with Crippen LogP contribution in [0.4, 0.5) is 5.82 Å². The van der Waals surface area contributed by atoms with Gasteiger partial charge in [-0.15, -0.1) is 0 Å². The lowest BCUT2D eigenvalue weighted by Crippen LogP contribution is -2.30. The van der Waals surface area contributed by atoms with Crippen LogP contribution in [0, 0.1) is 0 Å². The lowest BCUT2D eigenvalue weighted by atomic mass is 10.1. The number of pyridine rings is 1. The molecule has 2 heterocycles. The molecule has 2 aromatic rings. The van der Waals surface area contributed by atoms with Crippen molar-refractivity contribution >= 4 is 23.5 Å². The van der Waals surface area contributed by atoms with E-state index < -0.39 is 0 Å². The number of unbranched alkanes of at least 4 members (excludes halogenated alkanes) is 1. The van der Waals surface area contributed by atoms with Gasteiger partial charge in [0.2, 0.25) is 0 Å². The molecule has 1 aliphatic heterocycles. The number of fused-ring (bicyclic) bond motifs is 1. The highest BCUT2D eigenvalue weighted by Crippen LogP contribution is 2.24. The van der Waals surface area contributed by atoms with E-state index in [-0.39, 0.29) is 23.3 Å². The molecule has 1 aliphatic rings. The average molecular weight is 323 g/mol. The molecule has 6 nitrogen and oxygen atoms in total. The molecule has 3 rings (SSSR count). The van der Waals surface area contributed by atoms with Crippen molar-refractivity contribution in [1.82, 2.24) is 9.88 Å². The van der Waals surface area contributed by atoms with Gasteiger partial charge in [0.15, 0.2) is 0 Å². The number of hydrogen-bond donors (Lipinski definition) is 1. The fourth-order valence-corrected chi connectivity index (χ4v) is 2.58. The Balaban J connectivity index is 1.83. The van der Waals surface area contributed by atoms with E-state index in [2.05, 4.69) is 10.3 Å². The van der Waals surface area contributed by atoms with Crippen LogP contribution in [0.15, 0.2) is 42.6 Å². The SMILES string of the molecule is CCCCN1C(=O)c2ccc(C(=O)Nc3ccccn3)cc2C1=O. The third-order valence-electron chi connectivity index (χ3n) is 3.87. The number of hydrogen-bond acceptors (Lipinski definition) is 4.